The van der Waals surface area contributed by atoms with Gasteiger partial charge < -0.3 is 9.64 Å². The van der Waals surface area contributed by atoms with Crippen LogP contribution in [0.3, 0.4) is 0 Å². The summed E-state index contributed by atoms with van der Waals surface area (Å²) in [4.78, 5) is 37.2. The average molecular weight is 433 g/mol. The topological polar surface area (TPSA) is 89.8 Å². The quantitative estimate of drug-likeness (QED) is 0.411. The number of hydrogen-bond acceptors (Lipinski definition) is 5. The van der Waals surface area contributed by atoms with E-state index in [1.54, 1.807) is 4.90 Å². The number of halogens is 1. The smallest absolute Gasteiger partial charge is 0.338 e. The standard InChI is InChI=1S/C19H17BrN2O5/c1-27-19(24)14-9-13(10-16(11-14)22(25)26)18(23)21-8-2-3-17(21)12-4-6-15(20)7-5-12/h4-7,9-11,17H,2-3,8H2,1H3. The van der Waals surface area contributed by atoms with Gasteiger partial charge in [0.05, 0.1) is 23.6 Å². The Morgan fingerprint density at radius 1 is 1.19 bits per heavy atom. The summed E-state index contributed by atoms with van der Waals surface area (Å²) in [5, 5.41) is 11.2. The van der Waals surface area contributed by atoms with Gasteiger partial charge in [0.1, 0.15) is 0 Å². The summed E-state index contributed by atoms with van der Waals surface area (Å²) in [6.07, 6.45) is 1.65. The number of amides is 1. The van der Waals surface area contributed by atoms with Gasteiger partial charge in [0.15, 0.2) is 0 Å². The molecule has 1 aliphatic rings. The number of likely N-dealkylation sites (tertiary alicyclic amines) is 1. The Labute approximate surface area is 164 Å². The van der Waals surface area contributed by atoms with E-state index in [2.05, 4.69) is 20.7 Å². The molecular weight excluding hydrogens is 416 g/mol. The number of esters is 1. The van der Waals surface area contributed by atoms with Crippen LogP contribution in [0.2, 0.25) is 0 Å². The number of non-ortho nitro benzene ring substituents is 1. The number of nitro groups is 1. The van der Waals surface area contributed by atoms with Crippen molar-refractivity contribution in [3.05, 3.63) is 73.7 Å². The molecule has 0 aromatic heterocycles. The molecule has 0 saturated carbocycles. The molecule has 3 rings (SSSR count). The zero-order chi connectivity index (χ0) is 19.6. The third-order valence-corrected chi connectivity index (χ3v) is 5.09. The highest BCUT2D eigenvalue weighted by Crippen LogP contribution is 2.34. The van der Waals surface area contributed by atoms with Gasteiger partial charge >= 0.3 is 5.97 Å². The minimum absolute atomic E-state index is 0.0190. The first-order valence-corrected chi connectivity index (χ1v) is 9.14. The van der Waals surface area contributed by atoms with Crippen LogP contribution >= 0.6 is 15.9 Å². The summed E-state index contributed by atoms with van der Waals surface area (Å²) in [5.74, 6) is -1.06. The Kier molecular flexibility index (Phi) is 5.55. The maximum absolute atomic E-state index is 13.1. The lowest BCUT2D eigenvalue weighted by Crippen LogP contribution is -2.30. The SMILES string of the molecule is COC(=O)c1cc(C(=O)N2CCCC2c2ccc(Br)cc2)cc([N+](=O)[O-])c1. The number of nitrogens with zero attached hydrogens (tertiary/aromatic N) is 2. The fraction of sp³-hybridized carbons (Fsp3) is 0.263. The molecule has 27 heavy (non-hydrogen) atoms. The summed E-state index contributed by atoms with van der Waals surface area (Å²) in [6, 6.07) is 11.3. The summed E-state index contributed by atoms with van der Waals surface area (Å²) in [5.41, 5.74) is 0.770. The van der Waals surface area contributed by atoms with Crippen LogP contribution in [0.1, 0.15) is 45.2 Å². The van der Waals surface area contributed by atoms with Crippen molar-refractivity contribution in [1.29, 1.82) is 0 Å². The number of carbonyl (C=O) groups is 2. The van der Waals surface area contributed by atoms with E-state index < -0.39 is 10.9 Å². The maximum atomic E-state index is 13.1. The van der Waals surface area contributed by atoms with Crippen LogP contribution in [-0.4, -0.2) is 35.4 Å². The van der Waals surface area contributed by atoms with E-state index in [0.29, 0.717) is 6.54 Å². The van der Waals surface area contributed by atoms with E-state index in [4.69, 9.17) is 0 Å². The van der Waals surface area contributed by atoms with E-state index in [-0.39, 0.29) is 28.8 Å². The normalized spacial score (nSPS) is 16.2. The number of nitro benzene ring substituents is 1. The predicted molar refractivity (Wildman–Crippen MR) is 102 cm³/mol. The van der Waals surface area contributed by atoms with E-state index in [9.17, 15) is 19.7 Å². The fourth-order valence-electron chi connectivity index (χ4n) is 3.28. The third kappa shape index (κ3) is 4.00. The minimum Gasteiger partial charge on any atom is -0.465 e. The van der Waals surface area contributed by atoms with Crippen molar-refractivity contribution in [2.75, 3.05) is 13.7 Å². The van der Waals surface area contributed by atoms with Gasteiger partial charge in [-0.25, -0.2) is 4.79 Å². The lowest BCUT2D eigenvalue weighted by molar-refractivity contribution is -0.384. The molecule has 2 aromatic rings. The molecule has 2 aromatic carbocycles. The van der Waals surface area contributed by atoms with E-state index >= 15 is 0 Å². The molecule has 1 fully saturated rings. The highest BCUT2D eigenvalue weighted by atomic mass is 79.9. The van der Waals surface area contributed by atoms with Gasteiger partial charge in [-0.2, -0.15) is 0 Å². The zero-order valence-corrected chi connectivity index (χ0v) is 16.1. The Bertz CT molecular complexity index is 897. The zero-order valence-electron chi connectivity index (χ0n) is 14.6. The van der Waals surface area contributed by atoms with Crippen molar-refractivity contribution in [1.82, 2.24) is 4.90 Å². The van der Waals surface area contributed by atoms with Crippen LogP contribution in [0, 0.1) is 10.1 Å². The first-order valence-electron chi connectivity index (χ1n) is 8.35. The lowest BCUT2D eigenvalue weighted by atomic mass is 10.0. The third-order valence-electron chi connectivity index (χ3n) is 4.57. The monoisotopic (exact) mass is 432 g/mol. The second-order valence-corrected chi connectivity index (χ2v) is 7.14. The molecule has 1 unspecified atom stereocenters. The van der Waals surface area contributed by atoms with E-state index in [1.165, 1.54) is 19.2 Å². The van der Waals surface area contributed by atoms with Gasteiger partial charge in [-0.1, -0.05) is 28.1 Å². The predicted octanol–water partition coefficient (Wildman–Crippen LogP) is 4.12. The Morgan fingerprint density at radius 3 is 2.48 bits per heavy atom. The average Bonchev–Trinajstić information content (AvgIpc) is 3.16. The van der Waals surface area contributed by atoms with Crippen LogP contribution < -0.4 is 0 Å². The summed E-state index contributed by atoms with van der Waals surface area (Å²) in [7, 11) is 1.19. The Morgan fingerprint density at radius 2 is 1.85 bits per heavy atom. The van der Waals surface area contributed by atoms with Gasteiger partial charge in [0.25, 0.3) is 11.6 Å². The molecular formula is C19H17BrN2O5. The van der Waals surface area contributed by atoms with Crippen LogP contribution in [0.25, 0.3) is 0 Å². The van der Waals surface area contributed by atoms with Crippen molar-refractivity contribution in [3.8, 4) is 0 Å². The van der Waals surface area contributed by atoms with Crippen molar-refractivity contribution in [2.45, 2.75) is 18.9 Å². The van der Waals surface area contributed by atoms with Crippen molar-refractivity contribution in [3.63, 3.8) is 0 Å². The van der Waals surface area contributed by atoms with Crippen LogP contribution in [-0.2, 0) is 4.74 Å². The van der Waals surface area contributed by atoms with Gasteiger partial charge in [0.2, 0.25) is 0 Å². The first kappa shape index (κ1) is 19.0. The van der Waals surface area contributed by atoms with E-state index in [0.717, 1.165) is 28.9 Å². The van der Waals surface area contributed by atoms with Crippen molar-refractivity contribution >= 4 is 33.5 Å². The molecule has 1 aliphatic heterocycles. The van der Waals surface area contributed by atoms with E-state index in [1.807, 2.05) is 24.3 Å². The Hall–Kier alpha value is -2.74. The van der Waals surface area contributed by atoms with Crippen molar-refractivity contribution < 1.29 is 19.2 Å². The van der Waals surface area contributed by atoms with Crippen LogP contribution in [0.5, 0.6) is 0 Å². The molecule has 0 N–H and O–H groups in total. The number of rotatable bonds is 4. The second-order valence-electron chi connectivity index (χ2n) is 6.23. The van der Waals surface area contributed by atoms with Crippen LogP contribution in [0.4, 0.5) is 5.69 Å². The van der Waals surface area contributed by atoms with Gasteiger partial charge in [0, 0.05) is 28.7 Å². The molecule has 0 bridgehead atoms. The van der Waals surface area contributed by atoms with Crippen molar-refractivity contribution in [2.24, 2.45) is 0 Å². The van der Waals surface area contributed by atoms with Gasteiger partial charge in [-0.05, 0) is 36.6 Å². The molecule has 0 radical (unpaired) electrons. The number of hydrogen-bond donors (Lipinski definition) is 0. The highest BCUT2D eigenvalue weighted by Gasteiger charge is 2.31. The molecule has 7 nitrogen and oxygen atoms in total. The Balaban J connectivity index is 1.96. The number of benzene rings is 2. The first-order chi connectivity index (χ1) is 12.9. The summed E-state index contributed by atoms with van der Waals surface area (Å²) >= 11 is 3.40. The second kappa shape index (κ2) is 7.87. The summed E-state index contributed by atoms with van der Waals surface area (Å²) < 4.78 is 5.59. The molecule has 0 spiro atoms. The summed E-state index contributed by atoms with van der Waals surface area (Å²) in [6.45, 7) is 0.551. The fourth-order valence-corrected chi connectivity index (χ4v) is 3.55. The molecule has 140 valence electrons. The number of carbonyl (C=O) groups excluding carboxylic acids is 2. The molecule has 1 atom stereocenters. The van der Waals surface area contributed by atoms with Crippen LogP contribution in [0.15, 0.2) is 46.9 Å². The van der Waals surface area contributed by atoms with Gasteiger partial charge in [-0.3, -0.25) is 14.9 Å². The molecule has 0 aliphatic carbocycles. The number of ether oxygens (including phenoxy) is 1. The lowest BCUT2D eigenvalue weighted by Gasteiger charge is -2.25. The molecule has 1 heterocycles. The highest BCUT2D eigenvalue weighted by molar-refractivity contribution is 9.10. The molecule has 8 heteroatoms. The molecule has 1 amide bonds. The molecule has 1 saturated heterocycles. The number of methoxy groups -OCH3 is 1. The van der Waals surface area contributed by atoms with Gasteiger partial charge in [-0.15, -0.1) is 0 Å². The largest absolute Gasteiger partial charge is 0.465 e. The maximum Gasteiger partial charge on any atom is 0.338 e. The minimum atomic E-state index is -0.723.